The standard InChI is InChI=1S/C11H14FN3O3/c1-2-15(5-8(13)16)7-4-3-6(12)10(14)9(7)11(17)18/h3-4H,2,5,14H2,1H3,(H2,13,16)(H,17,18). The van der Waals surface area contributed by atoms with E-state index in [-0.39, 0.29) is 17.8 Å². The Morgan fingerprint density at radius 2 is 2.06 bits per heavy atom. The molecule has 0 radical (unpaired) electrons. The maximum absolute atomic E-state index is 13.3. The van der Waals surface area contributed by atoms with Crippen LogP contribution >= 0.6 is 0 Å². The highest BCUT2D eigenvalue weighted by atomic mass is 19.1. The normalized spacial score (nSPS) is 10.1. The van der Waals surface area contributed by atoms with Crippen molar-refractivity contribution in [2.45, 2.75) is 6.92 Å². The van der Waals surface area contributed by atoms with Crippen LogP contribution in [-0.2, 0) is 4.79 Å². The lowest BCUT2D eigenvalue weighted by molar-refractivity contribution is -0.116. The van der Waals surface area contributed by atoms with Crippen LogP contribution in [0.1, 0.15) is 17.3 Å². The first-order valence-corrected chi connectivity index (χ1v) is 5.23. The van der Waals surface area contributed by atoms with Crippen molar-refractivity contribution >= 4 is 23.3 Å². The average molecular weight is 255 g/mol. The number of carboxylic acid groups (broad SMARTS) is 1. The highest BCUT2D eigenvalue weighted by molar-refractivity contribution is 6.00. The van der Waals surface area contributed by atoms with Crippen molar-refractivity contribution < 1.29 is 19.1 Å². The Balaban J connectivity index is 3.34. The van der Waals surface area contributed by atoms with Gasteiger partial charge in [-0.15, -0.1) is 0 Å². The predicted octanol–water partition coefficient (Wildman–Crippen LogP) is 0.418. The van der Waals surface area contributed by atoms with E-state index in [1.807, 2.05) is 0 Å². The van der Waals surface area contributed by atoms with Gasteiger partial charge in [-0.2, -0.15) is 0 Å². The number of hydrogen-bond donors (Lipinski definition) is 3. The van der Waals surface area contributed by atoms with Crippen LogP contribution in [0.2, 0.25) is 0 Å². The summed E-state index contributed by atoms with van der Waals surface area (Å²) < 4.78 is 13.3. The van der Waals surface area contributed by atoms with Crippen molar-refractivity contribution in [1.29, 1.82) is 0 Å². The molecule has 98 valence electrons. The van der Waals surface area contributed by atoms with E-state index in [2.05, 4.69) is 0 Å². The van der Waals surface area contributed by atoms with Crippen LogP contribution in [0, 0.1) is 5.82 Å². The number of aromatic carboxylic acids is 1. The van der Waals surface area contributed by atoms with Gasteiger partial charge in [0.05, 0.1) is 17.9 Å². The molecule has 1 amide bonds. The fourth-order valence-corrected chi connectivity index (χ4v) is 1.63. The lowest BCUT2D eigenvalue weighted by atomic mass is 10.1. The van der Waals surface area contributed by atoms with Gasteiger partial charge < -0.3 is 21.5 Å². The molecule has 7 heteroatoms. The van der Waals surface area contributed by atoms with Crippen LogP contribution in [0.15, 0.2) is 12.1 Å². The molecular formula is C11H14FN3O3. The summed E-state index contributed by atoms with van der Waals surface area (Å²) in [5.74, 6) is -2.78. The number of primary amides is 1. The molecule has 0 aliphatic carbocycles. The molecule has 1 aromatic carbocycles. The topological polar surface area (TPSA) is 110 Å². The molecule has 0 saturated heterocycles. The number of carboxylic acids is 1. The summed E-state index contributed by atoms with van der Waals surface area (Å²) in [5.41, 5.74) is 9.83. The van der Waals surface area contributed by atoms with Crippen molar-refractivity contribution in [2.75, 3.05) is 23.7 Å². The molecule has 0 spiro atoms. The number of likely N-dealkylation sites (N-methyl/N-ethyl adjacent to an activating group) is 1. The first-order chi connectivity index (χ1) is 8.38. The van der Waals surface area contributed by atoms with Gasteiger partial charge in [0.15, 0.2) is 0 Å². The van der Waals surface area contributed by atoms with Gasteiger partial charge in [0.1, 0.15) is 11.4 Å². The van der Waals surface area contributed by atoms with Gasteiger partial charge in [-0.3, -0.25) is 4.79 Å². The second-order valence-corrected chi connectivity index (χ2v) is 3.64. The zero-order chi connectivity index (χ0) is 13.9. The molecule has 0 unspecified atom stereocenters. The first-order valence-electron chi connectivity index (χ1n) is 5.23. The van der Waals surface area contributed by atoms with Gasteiger partial charge in [-0.25, -0.2) is 9.18 Å². The molecular weight excluding hydrogens is 241 g/mol. The molecule has 1 aromatic rings. The Labute approximate surface area is 103 Å². The highest BCUT2D eigenvalue weighted by Gasteiger charge is 2.21. The molecule has 1 rings (SSSR count). The summed E-state index contributed by atoms with van der Waals surface area (Å²) >= 11 is 0. The van der Waals surface area contributed by atoms with Crippen LogP contribution in [0.5, 0.6) is 0 Å². The minimum Gasteiger partial charge on any atom is -0.478 e. The van der Waals surface area contributed by atoms with Crippen LogP contribution in [0.3, 0.4) is 0 Å². The Morgan fingerprint density at radius 3 is 2.50 bits per heavy atom. The van der Waals surface area contributed by atoms with Crippen molar-refractivity contribution in [3.05, 3.63) is 23.5 Å². The quantitative estimate of drug-likeness (QED) is 0.660. The first kappa shape index (κ1) is 13.8. The fourth-order valence-electron chi connectivity index (χ4n) is 1.63. The van der Waals surface area contributed by atoms with Gasteiger partial charge in [-0.05, 0) is 19.1 Å². The SMILES string of the molecule is CCN(CC(N)=O)c1ccc(F)c(N)c1C(=O)O. The molecule has 0 saturated carbocycles. The largest absolute Gasteiger partial charge is 0.478 e. The van der Waals surface area contributed by atoms with E-state index in [0.717, 1.165) is 6.07 Å². The van der Waals surface area contributed by atoms with E-state index in [1.54, 1.807) is 6.92 Å². The van der Waals surface area contributed by atoms with Crippen LogP contribution in [0.25, 0.3) is 0 Å². The summed E-state index contributed by atoms with van der Waals surface area (Å²) in [6, 6.07) is 2.32. The second kappa shape index (κ2) is 5.35. The number of halogens is 1. The van der Waals surface area contributed by atoms with Gasteiger partial charge in [0, 0.05) is 6.54 Å². The Hall–Kier alpha value is -2.31. The van der Waals surface area contributed by atoms with Gasteiger partial charge in [0.2, 0.25) is 5.91 Å². The molecule has 0 aliphatic heterocycles. The van der Waals surface area contributed by atoms with E-state index in [4.69, 9.17) is 16.6 Å². The lowest BCUT2D eigenvalue weighted by Crippen LogP contribution is -2.34. The summed E-state index contributed by atoms with van der Waals surface area (Å²) in [6.07, 6.45) is 0. The molecule has 5 N–H and O–H groups in total. The molecule has 0 heterocycles. The van der Waals surface area contributed by atoms with Crippen molar-refractivity contribution in [3.63, 3.8) is 0 Å². The highest BCUT2D eigenvalue weighted by Crippen LogP contribution is 2.28. The molecule has 0 atom stereocenters. The third-order valence-electron chi connectivity index (χ3n) is 2.45. The van der Waals surface area contributed by atoms with Crippen LogP contribution < -0.4 is 16.4 Å². The Bertz CT molecular complexity index is 491. The van der Waals surface area contributed by atoms with Crippen LogP contribution in [0.4, 0.5) is 15.8 Å². The fraction of sp³-hybridized carbons (Fsp3) is 0.273. The van der Waals surface area contributed by atoms with Crippen molar-refractivity contribution in [1.82, 2.24) is 0 Å². The maximum atomic E-state index is 13.3. The van der Waals surface area contributed by atoms with Gasteiger partial charge >= 0.3 is 5.97 Å². The van der Waals surface area contributed by atoms with Crippen LogP contribution in [-0.4, -0.2) is 30.1 Å². The molecule has 0 aromatic heterocycles. The van der Waals surface area contributed by atoms with Gasteiger partial charge in [-0.1, -0.05) is 0 Å². The van der Waals surface area contributed by atoms with Gasteiger partial charge in [0.25, 0.3) is 0 Å². The second-order valence-electron chi connectivity index (χ2n) is 3.64. The minimum atomic E-state index is -1.36. The van der Waals surface area contributed by atoms with E-state index < -0.39 is 23.4 Å². The number of carbonyl (C=O) groups excluding carboxylic acids is 1. The third kappa shape index (κ3) is 2.68. The number of nitrogens with two attached hydrogens (primary N) is 2. The van der Waals surface area contributed by atoms with Crippen molar-refractivity contribution in [3.8, 4) is 0 Å². The number of hydrogen-bond acceptors (Lipinski definition) is 4. The van der Waals surface area contributed by atoms with Crippen molar-refractivity contribution in [2.24, 2.45) is 5.73 Å². The molecule has 18 heavy (non-hydrogen) atoms. The number of amides is 1. The van der Waals surface area contributed by atoms with E-state index in [1.165, 1.54) is 11.0 Å². The third-order valence-corrected chi connectivity index (χ3v) is 2.45. The zero-order valence-corrected chi connectivity index (χ0v) is 9.81. The summed E-state index contributed by atoms with van der Waals surface area (Å²) in [4.78, 5) is 23.4. The number of carbonyl (C=O) groups is 2. The average Bonchev–Trinajstić information content (AvgIpc) is 2.28. The summed E-state index contributed by atoms with van der Waals surface area (Å²) in [5, 5.41) is 9.06. The van der Waals surface area contributed by atoms with E-state index in [0.29, 0.717) is 6.54 Å². The number of rotatable bonds is 5. The predicted molar refractivity (Wildman–Crippen MR) is 64.9 cm³/mol. The Kier molecular flexibility index (Phi) is 4.09. The number of benzene rings is 1. The number of nitrogen functional groups attached to an aromatic ring is 1. The van der Waals surface area contributed by atoms with E-state index in [9.17, 15) is 14.0 Å². The zero-order valence-electron chi connectivity index (χ0n) is 9.81. The maximum Gasteiger partial charge on any atom is 0.340 e. The number of nitrogens with zero attached hydrogens (tertiary/aromatic N) is 1. The molecule has 0 aliphatic rings. The number of anilines is 2. The van der Waals surface area contributed by atoms with E-state index >= 15 is 0 Å². The summed E-state index contributed by atoms with van der Waals surface area (Å²) in [7, 11) is 0. The molecule has 0 fully saturated rings. The minimum absolute atomic E-state index is 0.165. The summed E-state index contributed by atoms with van der Waals surface area (Å²) in [6.45, 7) is 1.89. The Morgan fingerprint density at radius 1 is 1.44 bits per heavy atom. The lowest BCUT2D eigenvalue weighted by Gasteiger charge is -2.23. The monoisotopic (exact) mass is 255 g/mol. The molecule has 6 nitrogen and oxygen atoms in total. The molecule has 0 bridgehead atoms. The smallest absolute Gasteiger partial charge is 0.340 e.